The second-order valence-corrected chi connectivity index (χ2v) is 5.28. The molecular formula is C14H19FN2O. The van der Waals surface area contributed by atoms with E-state index in [0.29, 0.717) is 5.92 Å². The molecule has 0 bridgehead atoms. The molecular weight excluding hydrogens is 231 g/mol. The van der Waals surface area contributed by atoms with Gasteiger partial charge in [-0.05, 0) is 43.0 Å². The number of hydrogen-bond donors (Lipinski definition) is 2. The van der Waals surface area contributed by atoms with E-state index in [-0.39, 0.29) is 11.7 Å². The third-order valence-electron chi connectivity index (χ3n) is 3.70. The quantitative estimate of drug-likeness (QED) is 0.866. The second kappa shape index (κ2) is 4.96. The van der Waals surface area contributed by atoms with Crippen LogP contribution < -0.4 is 11.1 Å². The molecule has 18 heavy (non-hydrogen) atoms. The lowest BCUT2D eigenvalue weighted by molar-refractivity contribution is -0.123. The zero-order chi connectivity index (χ0) is 13.2. The Balaban J connectivity index is 2.20. The normalized spacial score (nSPS) is 27.8. The molecule has 1 aromatic carbocycles. The average Bonchev–Trinajstić information content (AvgIpc) is 2.32. The Labute approximate surface area is 107 Å². The summed E-state index contributed by atoms with van der Waals surface area (Å²) in [6.07, 6.45) is 3.59. The second-order valence-electron chi connectivity index (χ2n) is 5.28. The Morgan fingerprint density at radius 3 is 2.67 bits per heavy atom. The maximum atomic E-state index is 12.9. The first-order valence-electron chi connectivity index (χ1n) is 6.35. The van der Waals surface area contributed by atoms with Gasteiger partial charge in [-0.25, -0.2) is 4.39 Å². The van der Waals surface area contributed by atoms with E-state index in [1.807, 2.05) is 0 Å². The zero-order valence-electron chi connectivity index (χ0n) is 10.6. The van der Waals surface area contributed by atoms with Crippen molar-refractivity contribution in [2.24, 2.45) is 11.7 Å². The molecule has 1 fully saturated rings. The van der Waals surface area contributed by atoms with Crippen LogP contribution in [-0.2, 0) is 4.79 Å². The number of rotatable bonds is 3. The predicted molar refractivity (Wildman–Crippen MR) is 69.6 cm³/mol. The van der Waals surface area contributed by atoms with Gasteiger partial charge in [0.15, 0.2) is 0 Å². The van der Waals surface area contributed by atoms with Crippen molar-refractivity contribution in [3.8, 4) is 0 Å². The van der Waals surface area contributed by atoms with Gasteiger partial charge in [-0.15, -0.1) is 0 Å². The van der Waals surface area contributed by atoms with Crippen molar-refractivity contribution in [1.29, 1.82) is 0 Å². The van der Waals surface area contributed by atoms with Crippen molar-refractivity contribution in [3.05, 3.63) is 30.1 Å². The van der Waals surface area contributed by atoms with Gasteiger partial charge in [-0.1, -0.05) is 19.8 Å². The highest BCUT2D eigenvalue weighted by Crippen LogP contribution is 2.34. The summed E-state index contributed by atoms with van der Waals surface area (Å²) < 4.78 is 12.9. The lowest BCUT2D eigenvalue weighted by Gasteiger charge is -2.38. The van der Waals surface area contributed by atoms with Crippen molar-refractivity contribution in [2.75, 3.05) is 5.32 Å². The SMILES string of the molecule is CC1CCCC(Nc2ccc(F)cc2)(C(N)=O)C1. The molecule has 98 valence electrons. The van der Waals surface area contributed by atoms with Gasteiger partial charge in [0.25, 0.3) is 0 Å². The smallest absolute Gasteiger partial charge is 0.243 e. The highest BCUT2D eigenvalue weighted by Gasteiger charge is 2.40. The fraction of sp³-hybridized carbons (Fsp3) is 0.500. The Kier molecular flexibility index (Phi) is 3.55. The number of halogens is 1. The topological polar surface area (TPSA) is 55.1 Å². The molecule has 2 rings (SSSR count). The van der Waals surface area contributed by atoms with E-state index in [4.69, 9.17) is 5.73 Å². The minimum Gasteiger partial charge on any atom is -0.371 e. The number of hydrogen-bond acceptors (Lipinski definition) is 2. The van der Waals surface area contributed by atoms with Gasteiger partial charge in [0.2, 0.25) is 5.91 Å². The first-order valence-corrected chi connectivity index (χ1v) is 6.35. The molecule has 3 nitrogen and oxygen atoms in total. The van der Waals surface area contributed by atoms with Crippen molar-refractivity contribution in [1.82, 2.24) is 0 Å². The highest BCUT2D eigenvalue weighted by atomic mass is 19.1. The highest BCUT2D eigenvalue weighted by molar-refractivity contribution is 5.88. The summed E-state index contributed by atoms with van der Waals surface area (Å²) in [6, 6.07) is 6.03. The number of nitrogens with two attached hydrogens (primary N) is 1. The third-order valence-corrected chi connectivity index (χ3v) is 3.70. The predicted octanol–water partition coefficient (Wildman–Crippen LogP) is 2.67. The number of carbonyl (C=O) groups excluding carboxylic acids is 1. The standard InChI is InChI=1S/C14H19FN2O/c1-10-3-2-8-14(9-10,13(16)18)17-12-6-4-11(15)5-7-12/h4-7,10,17H,2-3,8-9H2,1H3,(H2,16,18). The van der Waals surface area contributed by atoms with Crippen LogP contribution in [0.2, 0.25) is 0 Å². The zero-order valence-corrected chi connectivity index (χ0v) is 10.6. The Bertz CT molecular complexity index is 432. The van der Waals surface area contributed by atoms with Crippen LogP contribution in [0.25, 0.3) is 0 Å². The molecule has 0 saturated heterocycles. The fourth-order valence-corrected chi connectivity index (χ4v) is 2.76. The number of primary amides is 1. The van der Waals surface area contributed by atoms with Crippen LogP contribution in [0.4, 0.5) is 10.1 Å². The molecule has 1 aliphatic carbocycles. The molecule has 4 heteroatoms. The van der Waals surface area contributed by atoms with Crippen molar-refractivity contribution < 1.29 is 9.18 Å². The van der Waals surface area contributed by atoms with Gasteiger partial charge in [0.05, 0.1) is 0 Å². The molecule has 1 amide bonds. The van der Waals surface area contributed by atoms with Gasteiger partial charge in [-0.3, -0.25) is 4.79 Å². The van der Waals surface area contributed by atoms with Gasteiger partial charge in [0.1, 0.15) is 11.4 Å². The van der Waals surface area contributed by atoms with Crippen LogP contribution in [-0.4, -0.2) is 11.4 Å². The largest absolute Gasteiger partial charge is 0.371 e. The van der Waals surface area contributed by atoms with E-state index < -0.39 is 5.54 Å². The van der Waals surface area contributed by atoms with E-state index in [9.17, 15) is 9.18 Å². The molecule has 2 atom stereocenters. The van der Waals surface area contributed by atoms with Crippen molar-refractivity contribution in [2.45, 2.75) is 38.1 Å². The maximum absolute atomic E-state index is 12.9. The lowest BCUT2D eigenvalue weighted by atomic mass is 9.75. The minimum absolute atomic E-state index is 0.286. The molecule has 0 aromatic heterocycles. The molecule has 0 heterocycles. The van der Waals surface area contributed by atoms with E-state index in [0.717, 1.165) is 31.4 Å². The van der Waals surface area contributed by atoms with Gasteiger partial charge in [-0.2, -0.15) is 0 Å². The van der Waals surface area contributed by atoms with Gasteiger partial charge < -0.3 is 11.1 Å². The molecule has 0 radical (unpaired) electrons. The Morgan fingerprint density at radius 1 is 1.44 bits per heavy atom. The lowest BCUT2D eigenvalue weighted by Crippen LogP contribution is -2.53. The van der Waals surface area contributed by atoms with E-state index in [1.165, 1.54) is 12.1 Å². The average molecular weight is 250 g/mol. The molecule has 0 aliphatic heterocycles. The summed E-state index contributed by atoms with van der Waals surface area (Å²) in [5.41, 5.74) is 5.62. The number of benzene rings is 1. The van der Waals surface area contributed by atoms with E-state index >= 15 is 0 Å². The van der Waals surface area contributed by atoms with Crippen molar-refractivity contribution in [3.63, 3.8) is 0 Å². The van der Waals surface area contributed by atoms with Crippen LogP contribution in [0.5, 0.6) is 0 Å². The third kappa shape index (κ3) is 2.63. The number of carbonyl (C=O) groups is 1. The summed E-state index contributed by atoms with van der Waals surface area (Å²) in [7, 11) is 0. The van der Waals surface area contributed by atoms with Crippen LogP contribution >= 0.6 is 0 Å². The molecule has 0 spiro atoms. The van der Waals surface area contributed by atoms with Gasteiger partial charge >= 0.3 is 0 Å². The Hall–Kier alpha value is -1.58. The summed E-state index contributed by atoms with van der Waals surface area (Å²) in [5.74, 6) is -0.136. The molecule has 1 aromatic rings. The molecule has 2 unspecified atom stereocenters. The van der Waals surface area contributed by atoms with E-state index in [2.05, 4.69) is 12.2 Å². The summed E-state index contributed by atoms with van der Waals surface area (Å²) in [5, 5.41) is 3.21. The van der Waals surface area contributed by atoms with Gasteiger partial charge in [0, 0.05) is 5.69 Å². The molecule has 1 saturated carbocycles. The van der Waals surface area contributed by atoms with Crippen LogP contribution in [0.15, 0.2) is 24.3 Å². The van der Waals surface area contributed by atoms with Crippen molar-refractivity contribution >= 4 is 11.6 Å². The minimum atomic E-state index is -0.685. The first-order chi connectivity index (χ1) is 8.52. The number of anilines is 1. The maximum Gasteiger partial charge on any atom is 0.243 e. The summed E-state index contributed by atoms with van der Waals surface area (Å²) in [6.45, 7) is 2.13. The van der Waals surface area contributed by atoms with Crippen LogP contribution in [0.3, 0.4) is 0 Å². The van der Waals surface area contributed by atoms with E-state index in [1.54, 1.807) is 12.1 Å². The summed E-state index contributed by atoms with van der Waals surface area (Å²) >= 11 is 0. The monoisotopic (exact) mass is 250 g/mol. The fourth-order valence-electron chi connectivity index (χ4n) is 2.76. The van der Waals surface area contributed by atoms with Crippen LogP contribution in [0.1, 0.15) is 32.6 Å². The molecule has 1 aliphatic rings. The summed E-state index contributed by atoms with van der Waals surface area (Å²) in [4.78, 5) is 11.8. The number of amides is 1. The Morgan fingerprint density at radius 2 is 2.11 bits per heavy atom. The van der Waals surface area contributed by atoms with Crippen LogP contribution in [0, 0.1) is 11.7 Å². The number of nitrogens with one attached hydrogen (secondary N) is 1. The first kappa shape index (κ1) is 12.9. The molecule has 3 N–H and O–H groups in total.